The average molecular weight is 341 g/mol. The number of nitrogens with zero attached hydrogens (tertiary/aromatic N) is 2. The summed E-state index contributed by atoms with van der Waals surface area (Å²) >= 11 is 3.43. The number of benzene rings is 2. The molecule has 1 fully saturated rings. The highest BCUT2D eigenvalue weighted by Crippen LogP contribution is 2.39. The molecule has 0 saturated heterocycles. The van der Waals surface area contributed by atoms with Crippen molar-refractivity contribution in [1.29, 1.82) is 0 Å². The zero-order chi connectivity index (χ0) is 14.2. The fourth-order valence-electron chi connectivity index (χ4n) is 2.34. The normalized spacial score (nSPS) is 14.3. The van der Waals surface area contributed by atoms with Gasteiger partial charge in [-0.15, -0.1) is 0 Å². The van der Waals surface area contributed by atoms with Crippen LogP contribution in [0.2, 0.25) is 0 Å². The Morgan fingerprint density at radius 3 is 2.57 bits per heavy atom. The molecule has 0 spiro atoms. The van der Waals surface area contributed by atoms with Gasteiger partial charge in [0.05, 0.1) is 0 Å². The molecule has 0 bridgehead atoms. The highest BCUT2D eigenvalue weighted by atomic mass is 79.9. The third-order valence-electron chi connectivity index (χ3n) is 3.57. The molecule has 3 aromatic rings. The Hall–Kier alpha value is -1.94. The molecule has 3 nitrogen and oxygen atoms in total. The molecule has 4 heteroatoms. The molecule has 0 atom stereocenters. The van der Waals surface area contributed by atoms with Gasteiger partial charge in [0.15, 0.2) is 0 Å². The van der Waals surface area contributed by atoms with Crippen LogP contribution in [0.25, 0.3) is 10.8 Å². The molecule has 0 N–H and O–H groups in total. The topological polar surface area (TPSA) is 35.0 Å². The highest BCUT2D eigenvalue weighted by molar-refractivity contribution is 9.10. The summed E-state index contributed by atoms with van der Waals surface area (Å²) in [6, 6.07) is 16.1. The van der Waals surface area contributed by atoms with E-state index in [2.05, 4.69) is 44.1 Å². The Morgan fingerprint density at radius 1 is 0.952 bits per heavy atom. The number of aromatic nitrogens is 2. The Morgan fingerprint density at radius 2 is 1.76 bits per heavy atom. The summed E-state index contributed by atoms with van der Waals surface area (Å²) in [6.07, 6.45) is 2.34. The number of hydrogen-bond acceptors (Lipinski definition) is 3. The van der Waals surface area contributed by atoms with Gasteiger partial charge in [0.1, 0.15) is 16.2 Å². The molecule has 1 saturated carbocycles. The largest absolute Gasteiger partial charge is 0.439 e. The van der Waals surface area contributed by atoms with Crippen LogP contribution in [-0.4, -0.2) is 9.97 Å². The smallest absolute Gasteiger partial charge is 0.223 e. The second-order valence-electron chi connectivity index (χ2n) is 5.27. The molecule has 1 aliphatic rings. The van der Waals surface area contributed by atoms with Crippen molar-refractivity contribution in [3.05, 3.63) is 59.0 Å². The van der Waals surface area contributed by atoms with Crippen LogP contribution in [0.3, 0.4) is 0 Å². The van der Waals surface area contributed by atoms with Gasteiger partial charge in [-0.1, -0.05) is 30.3 Å². The van der Waals surface area contributed by atoms with E-state index in [-0.39, 0.29) is 0 Å². The maximum absolute atomic E-state index is 5.90. The van der Waals surface area contributed by atoms with Crippen molar-refractivity contribution in [2.45, 2.75) is 18.8 Å². The summed E-state index contributed by atoms with van der Waals surface area (Å²) in [5.74, 6) is 2.76. The number of rotatable bonds is 3. The molecule has 1 heterocycles. The van der Waals surface area contributed by atoms with E-state index in [1.165, 1.54) is 18.2 Å². The molecule has 104 valence electrons. The number of fused-ring (bicyclic) bond motifs is 1. The minimum Gasteiger partial charge on any atom is -0.439 e. The standard InChI is InChI=1S/C17H13BrN2O/c18-15-10-16(20-17(19-15)12-5-6-12)21-14-8-7-11-3-1-2-4-13(11)9-14/h1-4,7-10,12H,5-6H2. The lowest BCUT2D eigenvalue weighted by molar-refractivity contribution is 0.458. The zero-order valence-electron chi connectivity index (χ0n) is 11.3. The van der Waals surface area contributed by atoms with Gasteiger partial charge in [0, 0.05) is 12.0 Å². The van der Waals surface area contributed by atoms with Gasteiger partial charge in [-0.3, -0.25) is 0 Å². The predicted octanol–water partition coefficient (Wildman–Crippen LogP) is 5.06. The fourth-order valence-corrected chi connectivity index (χ4v) is 2.72. The molecule has 0 aliphatic heterocycles. The summed E-state index contributed by atoms with van der Waals surface area (Å²) in [4.78, 5) is 8.92. The van der Waals surface area contributed by atoms with Crippen molar-refractivity contribution in [2.24, 2.45) is 0 Å². The second-order valence-corrected chi connectivity index (χ2v) is 6.08. The lowest BCUT2D eigenvalue weighted by Crippen LogP contribution is -1.96. The minimum absolute atomic E-state index is 0.501. The van der Waals surface area contributed by atoms with E-state index < -0.39 is 0 Å². The van der Waals surface area contributed by atoms with Crippen molar-refractivity contribution >= 4 is 26.7 Å². The Bertz CT molecular complexity index is 815. The van der Waals surface area contributed by atoms with E-state index in [0.717, 1.165) is 21.6 Å². The van der Waals surface area contributed by atoms with Gasteiger partial charge in [-0.05, 0) is 51.7 Å². The Kier molecular flexibility index (Phi) is 3.11. The van der Waals surface area contributed by atoms with E-state index in [9.17, 15) is 0 Å². The number of hydrogen-bond donors (Lipinski definition) is 0. The highest BCUT2D eigenvalue weighted by Gasteiger charge is 2.27. The van der Waals surface area contributed by atoms with Gasteiger partial charge in [-0.2, -0.15) is 4.98 Å². The SMILES string of the molecule is Brc1cc(Oc2ccc3ccccc3c2)nc(C2CC2)n1. The van der Waals surface area contributed by atoms with E-state index in [1.807, 2.05) is 24.3 Å². The minimum atomic E-state index is 0.501. The molecule has 21 heavy (non-hydrogen) atoms. The number of halogens is 1. The maximum atomic E-state index is 5.90. The van der Waals surface area contributed by atoms with Crippen LogP contribution in [0.1, 0.15) is 24.6 Å². The van der Waals surface area contributed by atoms with Gasteiger partial charge >= 0.3 is 0 Å². The van der Waals surface area contributed by atoms with Crippen molar-refractivity contribution in [3.63, 3.8) is 0 Å². The molecular formula is C17H13BrN2O. The molecule has 4 rings (SSSR count). The van der Waals surface area contributed by atoms with Crippen LogP contribution >= 0.6 is 15.9 Å². The first-order valence-electron chi connectivity index (χ1n) is 6.99. The predicted molar refractivity (Wildman–Crippen MR) is 85.7 cm³/mol. The maximum Gasteiger partial charge on any atom is 0.223 e. The van der Waals surface area contributed by atoms with Gasteiger partial charge in [-0.25, -0.2) is 4.98 Å². The molecule has 0 radical (unpaired) electrons. The summed E-state index contributed by atoms with van der Waals surface area (Å²) in [7, 11) is 0. The molecule has 0 unspecified atom stereocenters. The van der Waals surface area contributed by atoms with Crippen LogP contribution < -0.4 is 4.74 Å². The monoisotopic (exact) mass is 340 g/mol. The molecule has 1 aromatic heterocycles. The van der Waals surface area contributed by atoms with Gasteiger partial charge in [0.2, 0.25) is 5.88 Å². The van der Waals surface area contributed by atoms with E-state index in [0.29, 0.717) is 11.8 Å². The van der Waals surface area contributed by atoms with E-state index in [4.69, 9.17) is 4.74 Å². The number of ether oxygens (including phenoxy) is 1. The Labute approximate surface area is 131 Å². The third-order valence-corrected chi connectivity index (χ3v) is 3.98. The first kappa shape index (κ1) is 12.8. The van der Waals surface area contributed by atoms with Gasteiger partial charge < -0.3 is 4.74 Å². The lowest BCUT2D eigenvalue weighted by atomic mass is 10.1. The van der Waals surface area contributed by atoms with Crippen LogP contribution in [-0.2, 0) is 0 Å². The molecule has 1 aliphatic carbocycles. The van der Waals surface area contributed by atoms with Gasteiger partial charge in [0.25, 0.3) is 0 Å². The Balaban J connectivity index is 1.67. The van der Waals surface area contributed by atoms with Crippen LogP contribution in [0.15, 0.2) is 53.1 Å². The van der Waals surface area contributed by atoms with Crippen molar-refractivity contribution in [2.75, 3.05) is 0 Å². The first-order valence-corrected chi connectivity index (χ1v) is 7.78. The van der Waals surface area contributed by atoms with Crippen LogP contribution in [0.4, 0.5) is 0 Å². The average Bonchev–Trinajstić information content (AvgIpc) is 3.31. The third kappa shape index (κ3) is 2.76. The summed E-state index contributed by atoms with van der Waals surface area (Å²) in [5.41, 5.74) is 0. The molecular weight excluding hydrogens is 328 g/mol. The first-order chi connectivity index (χ1) is 10.3. The molecule has 2 aromatic carbocycles. The van der Waals surface area contributed by atoms with Crippen molar-refractivity contribution < 1.29 is 4.74 Å². The quantitative estimate of drug-likeness (QED) is 0.625. The van der Waals surface area contributed by atoms with E-state index >= 15 is 0 Å². The summed E-state index contributed by atoms with van der Waals surface area (Å²) in [6.45, 7) is 0. The zero-order valence-corrected chi connectivity index (χ0v) is 12.9. The van der Waals surface area contributed by atoms with Crippen LogP contribution in [0, 0.1) is 0 Å². The molecule has 0 amide bonds. The van der Waals surface area contributed by atoms with Crippen molar-refractivity contribution in [1.82, 2.24) is 9.97 Å². The van der Waals surface area contributed by atoms with Crippen molar-refractivity contribution in [3.8, 4) is 11.6 Å². The summed E-state index contributed by atoms with van der Waals surface area (Å²) < 4.78 is 6.68. The fraction of sp³-hybridized carbons (Fsp3) is 0.176. The summed E-state index contributed by atoms with van der Waals surface area (Å²) in [5, 5.41) is 2.36. The van der Waals surface area contributed by atoms with E-state index in [1.54, 1.807) is 6.07 Å². The second kappa shape index (κ2) is 5.11. The van der Waals surface area contributed by atoms with Crippen LogP contribution in [0.5, 0.6) is 11.6 Å². The lowest BCUT2D eigenvalue weighted by Gasteiger charge is -2.08.